The molecule has 16 heavy (non-hydrogen) atoms. The molecule has 0 spiro atoms. The fourth-order valence-corrected chi connectivity index (χ4v) is 1.47. The van der Waals surface area contributed by atoms with Gasteiger partial charge in [0.15, 0.2) is 17.3 Å². The Morgan fingerprint density at radius 2 is 1.81 bits per heavy atom. The second-order valence-corrected chi connectivity index (χ2v) is 3.30. The average Bonchev–Trinajstić information content (AvgIpc) is 2.60. The van der Waals surface area contributed by atoms with Gasteiger partial charge in [-0.3, -0.25) is 4.79 Å². The number of fused-ring (bicyclic) bond motifs is 1. The smallest absolute Gasteiger partial charge is 0.417 e. The number of carbonyl (C=O) groups is 1. The Hall–Kier alpha value is -1.72. The van der Waals surface area contributed by atoms with Crippen molar-refractivity contribution in [2.45, 2.75) is 13.1 Å². The van der Waals surface area contributed by atoms with Crippen molar-refractivity contribution in [3.05, 3.63) is 23.3 Å². The van der Waals surface area contributed by atoms with Crippen LogP contribution in [-0.4, -0.2) is 12.6 Å². The summed E-state index contributed by atoms with van der Waals surface area (Å²) in [6.45, 7) is 0.945. The number of ether oxygens (including phenoxy) is 2. The van der Waals surface area contributed by atoms with E-state index in [9.17, 15) is 18.0 Å². The molecule has 1 aliphatic rings. The van der Waals surface area contributed by atoms with E-state index in [1.54, 1.807) is 0 Å². The van der Waals surface area contributed by atoms with Gasteiger partial charge in [0.05, 0.1) is 5.56 Å². The number of hydrogen-bond acceptors (Lipinski definition) is 3. The summed E-state index contributed by atoms with van der Waals surface area (Å²) >= 11 is 0. The van der Waals surface area contributed by atoms with E-state index >= 15 is 0 Å². The van der Waals surface area contributed by atoms with Gasteiger partial charge in [0.25, 0.3) is 0 Å². The molecule has 0 aliphatic carbocycles. The van der Waals surface area contributed by atoms with Gasteiger partial charge < -0.3 is 9.47 Å². The lowest BCUT2D eigenvalue weighted by atomic mass is 10.0. The van der Waals surface area contributed by atoms with Crippen molar-refractivity contribution in [2.24, 2.45) is 0 Å². The molecule has 0 fully saturated rings. The van der Waals surface area contributed by atoms with Gasteiger partial charge in [-0.15, -0.1) is 0 Å². The van der Waals surface area contributed by atoms with Crippen molar-refractivity contribution in [1.82, 2.24) is 0 Å². The van der Waals surface area contributed by atoms with Gasteiger partial charge in [0.1, 0.15) is 0 Å². The highest BCUT2D eigenvalue weighted by Gasteiger charge is 2.36. The minimum atomic E-state index is -4.58. The van der Waals surface area contributed by atoms with Gasteiger partial charge in [-0.1, -0.05) is 0 Å². The first-order valence-electron chi connectivity index (χ1n) is 4.41. The molecule has 0 radical (unpaired) electrons. The molecular formula is C10H7F3O3. The molecule has 86 valence electrons. The minimum absolute atomic E-state index is 0.0114. The first kappa shape index (κ1) is 10.8. The topological polar surface area (TPSA) is 35.5 Å². The maximum absolute atomic E-state index is 12.6. The van der Waals surface area contributed by atoms with Crippen molar-refractivity contribution in [1.29, 1.82) is 0 Å². The van der Waals surface area contributed by atoms with Crippen LogP contribution >= 0.6 is 0 Å². The fourth-order valence-electron chi connectivity index (χ4n) is 1.47. The molecular weight excluding hydrogens is 225 g/mol. The lowest BCUT2D eigenvalue weighted by Gasteiger charge is -2.11. The van der Waals surface area contributed by atoms with Crippen LogP contribution in [-0.2, 0) is 6.18 Å². The predicted octanol–water partition coefficient (Wildman–Crippen LogP) is 2.64. The van der Waals surface area contributed by atoms with Gasteiger partial charge >= 0.3 is 6.18 Å². The van der Waals surface area contributed by atoms with E-state index in [1.807, 2.05) is 0 Å². The molecule has 6 heteroatoms. The standard InChI is InChI=1S/C10H7F3O3/c1-5(14)6-2-8-9(16-4-15-8)3-7(6)10(11,12)13/h2-3H,4H2,1H3. The zero-order valence-corrected chi connectivity index (χ0v) is 8.22. The molecule has 1 aromatic rings. The van der Waals surface area contributed by atoms with Crippen LogP contribution < -0.4 is 9.47 Å². The third-order valence-corrected chi connectivity index (χ3v) is 2.20. The van der Waals surface area contributed by atoms with E-state index < -0.39 is 23.1 Å². The van der Waals surface area contributed by atoms with Crippen molar-refractivity contribution in [3.8, 4) is 11.5 Å². The predicted molar refractivity (Wildman–Crippen MR) is 47.6 cm³/mol. The highest BCUT2D eigenvalue weighted by atomic mass is 19.4. The van der Waals surface area contributed by atoms with Crippen molar-refractivity contribution >= 4 is 5.78 Å². The number of Topliss-reactive ketones (excluding diaryl/α,β-unsaturated/α-hetero) is 1. The monoisotopic (exact) mass is 232 g/mol. The third-order valence-electron chi connectivity index (χ3n) is 2.20. The quantitative estimate of drug-likeness (QED) is 0.698. The van der Waals surface area contributed by atoms with Crippen LogP contribution in [0.4, 0.5) is 13.2 Å². The molecule has 0 saturated heterocycles. The van der Waals surface area contributed by atoms with Gasteiger partial charge in [0, 0.05) is 5.56 Å². The fraction of sp³-hybridized carbons (Fsp3) is 0.300. The maximum Gasteiger partial charge on any atom is 0.417 e. The summed E-state index contributed by atoms with van der Waals surface area (Å²) in [6.07, 6.45) is -4.58. The SMILES string of the molecule is CC(=O)c1cc2c(cc1C(F)(F)F)OCO2. The largest absolute Gasteiger partial charge is 0.454 e. The van der Waals surface area contributed by atoms with Crippen molar-refractivity contribution in [3.63, 3.8) is 0 Å². The zero-order chi connectivity index (χ0) is 11.9. The first-order valence-corrected chi connectivity index (χ1v) is 4.41. The van der Waals surface area contributed by atoms with E-state index in [-0.39, 0.29) is 18.3 Å². The van der Waals surface area contributed by atoms with E-state index in [4.69, 9.17) is 9.47 Å². The summed E-state index contributed by atoms with van der Waals surface area (Å²) in [5.41, 5.74) is -1.40. The second-order valence-electron chi connectivity index (χ2n) is 3.30. The number of hydrogen-bond donors (Lipinski definition) is 0. The van der Waals surface area contributed by atoms with Gasteiger partial charge in [-0.05, 0) is 19.1 Å². The lowest BCUT2D eigenvalue weighted by Crippen LogP contribution is -2.11. The molecule has 2 rings (SSSR count). The first-order chi connectivity index (χ1) is 7.39. The summed E-state index contributed by atoms with van der Waals surface area (Å²) in [7, 11) is 0. The molecule has 0 saturated carbocycles. The van der Waals surface area contributed by atoms with Crippen LogP contribution in [0.5, 0.6) is 11.5 Å². The van der Waals surface area contributed by atoms with Crippen LogP contribution in [0, 0.1) is 0 Å². The lowest BCUT2D eigenvalue weighted by molar-refractivity contribution is -0.138. The average molecular weight is 232 g/mol. The molecule has 0 atom stereocenters. The molecule has 0 unspecified atom stereocenters. The summed E-state index contributed by atoms with van der Waals surface area (Å²) < 4.78 is 47.6. The number of benzene rings is 1. The Balaban J connectivity index is 2.62. The molecule has 0 aromatic heterocycles. The second kappa shape index (κ2) is 3.40. The molecule has 3 nitrogen and oxygen atoms in total. The highest BCUT2D eigenvalue weighted by Crippen LogP contribution is 2.41. The van der Waals surface area contributed by atoms with E-state index in [1.165, 1.54) is 0 Å². The Bertz CT molecular complexity index is 451. The third kappa shape index (κ3) is 1.70. The molecule has 0 N–H and O–H groups in total. The summed E-state index contributed by atoms with van der Waals surface area (Å²) in [5.74, 6) is -0.485. The van der Waals surface area contributed by atoms with Crippen molar-refractivity contribution in [2.75, 3.05) is 6.79 Å². The zero-order valence-electron chi connectivity index (χ0n) is 8.22. The van der Waals surface area contributed by atoms with Crippen LogP contribution in [0.25, 0.3) is 0 Å². The minimum Gasteiger partial charge on any atom is -0.454 e. The van der Waals surface area contributed by atoms with Crippen LogP contribution in [0.3, 0.4) is 0 Å². The Morgan fingerprint density at radius 3 is 2.31 bits per heavy atom. The van der Waals surface area contributed by atoms with E-state index in [0.717, 1.165) is 19.1 Å². The molecule has 0 bridgehead atoms. The maximum atomic E-state index is 12.6. The van der Waals surface area contributed by atoms with Crippen LogP contribution in [0.2, 0.25) is 0 Å². The number of carbonyl (C=O) groups excluding carboxylic acids is 1. The Labute approximate surface area is 88.8 Å². The number of rotatable bonds is 1. The van der Waals surface area contributed by atoms with Gasteiger partial charge in [-0.2, -0.15) is 13.2 Å². The summed E-state index contributed by atoms with van der Waals surface area (Å²) in [5, 5.41) is 0. The normalized spacial score (nSPS) is 14.0. The summed E-state index contributed by atoms with van der Waals surface area (Å²) in [6, 6.07) is 1.85. The number of alkyl halides is 3. The van der Waals surface area contributed by atoms with E-state index in [2.05, 4.69) is 0 Å². The van der Waals surface area contributed by atoms with Crippen LogP contribution in [0.1, 0.15) is 22.8 Å². The van der Waals surface area contributed by atoms with Gasteiger partial charge in [-0.25, -0.2) is 0 Å². The molecule has 1 aromatic carbocycles. The molecule has 1 aliphatic heterocycles. The van der Waals surface area contributed by atoms with Crippen molar-refractivity contribution < 1.29 is 27.4 Å². The highest BCUT2D eigenvalue weighted by molar-refractivity contribution is 5.96. The Kier molecular flexibility index (Phi) is 2.29. The molecule has 1 heterocycles. The van der Waals surface area contributed by atoms with E-state index in [0.29, 0.717) is 0 Å². The van der Waals surface area contributed by atoms with Gasteiger partial charge in [0.2, 0.25) is 6.79 Å². The Morgan fingerprint density at radius 1 is 1.25 bits per heavy atom. The number of ketones is 1. The molecule has 0 amide bonds. The number of halogens is 3. The summed E-state index contributed by atoms with van der Waals surface area (Å²) in [4.78, 5) is 11.1. The van der Waals surface area contributed by atoms with Crippen LogP contribution in [0.15, 0.2) is 12.1 Å².